The minimum atomic E-state index is -0.0367. The highest BCUT2D eigenvalue weighted by atomic mass is 16.7. The fourth-order valence-corrected chi connectivity index (χ4v) is 3.11. The molecule has 1 amide bonds. The van der Waals surface area contributed by atoms with Gasteiger partial charge in [-0.05, 0) is 34.9 Å². The summed E-state index contributed by atoms with van der Waals surface area (Å²) >= 11 is 0. The van der Waals surface area contributed by atoms with Crippen LogP contribution in [0.15, 0.2) is 84.9 Å². The Labute approximate surface area is 164 Å². The summed E-state index contributed by atoms with van der Waals surface area (Å²) in [6, 6.07) is 25.7. The first kappa shape index (κ1) is 17.9. The lowest BCUT2D eigenvalue weighted by atomic mass is 10.1. The molecule has 28 heavy (non-hydrogen) atoms. The number of hydrogen-bond donors (Lipinski definition) is 0. The Balaban J connectivity index is 1.51. The highest BCUT2D eigenvalue weighted by molar-refractivity contribution is 5.91. The van der Waals surface area contributed by atoms with Crippen molar-refractivity contribution in [2.75, 3.05) is 6.79 Å². The van der Waals surface area contributed by atoms with Gasteiger partial charge in [-0.1, -0.05) is 66.7 Å². The molecular weight excluding hydrogens is 350 g/mol. The van der Waals surface area contributed by atoms with Crippen LogP contribution in [-0.2, 0) is 17.9 Å². The molecule has 4 rings (SSSR count). The maximum atomic E-state index is 12.9. The fraction of sp³-hybridized carbons (Fsp3) is 0.125. The van der Waals surface area contributed by atoms with E-state index in [9.17, 15) is 4.79 Å². The summed E-state index contributed by atoms with van der Waals surface area (Å²) in [6.45, 7) is 1.35. The van der Waals surface area contributed by atoms with Crippen LogP contribution >= 0.6 is 0 Å². The monoisotopic (exact) mass is 371 g/mol. The van der Waals surface area contributed by atoms with Crippen molar-refractivity contribution in [2.45, 2.75) is 13.1 Å². The molecule has 1 aliphatic heterocycles. The third-order valence-electron chi connectivity index (χ3n) is 4.56. The summed E-state index contributed by atoms with van der Waals surface area (Å²) in [5, 5.41) is 0. The summed E-state index contributed by atoms with van der Waals surface area (Å²) < 4.78 is 10.7. The number of amides is 1. The standard InChI is InChI=1S/C24H21NO3/c26-24(14-12-19-11-13-22-23(15-19)28-18-27-22)25(16-20-7-3-1-4-8-20)17-21-9-5-2-6-10-21/h1-15H,16-18H2/b14-12-. The van der Waals surface area contributed by atoms with Crippen molar-refractivity contribution in [3.63, 3.8) is 0 Å². The van der Waals surface area contributed by atoms with E-state index in [0.717, 1.165) is 22.4 Å². The summed E-state index contributed by atoms with van der Waals surface area (Å²) in [5.74, 6) is 1.41. The number of ether oxygens (including phenoxy) is 2. The maximum Gasteiger partial charge on any atom is 0.247 e. The van der Waals surface area contributed by atoms with Crippen LogP contribution in [0.4, 0.5) is 0 Å². The Kier molecular flexibility index (Phi) is 5.38. The Bertz CT molecular complexity index is 926. The van der Waals surface area contributed by atoms with E-state index < -0.39 is 0 Å². The number of carbonyl (C=O) groups is 1. The van der Waals surface area contributed by atoms with E-state index in [1.54, 1.807) is 6.08 Å². The molecule has 3 aromatic carbocycles. The molecular formula is C24H21NO3. The number of carbonyl (C=O) groups excluding carboxylic acids is 1. The van der Waals surface area contributed by atoms with Gasteiger partial charge >= 0.3 is 0 Å². The van der Waals surface area contributed by atoms with E-state index >= 15 is 0 Å². The number of hydrogen-bond acceptors (Lipinski definition) is 3. The Morgan fingerprint density at radius 3 is 2.07 bits per heavy atom. The van der Waals surface area contributed by atoms with Crippen LogP contribution in [0, 0.1) is 0 Å². The van der Waals surface area contributed by atoms with Gasteiger partial charge in [0, 0.05) is 19.2 Å². The molecule has 0 saturated heterocycles. The van der Waals surface area contributed by atoms with Crippen molar-refractivity contribution in [1.29, 1.82) is 0 Å². The van der Waals surface area contributed by atoms with Gasteiger partial charge in [0.05, 0.1) is 0 Å². The normalized spacial score (nSPS) is 12.3. The minimum Gasteiger partial charge on any atom is -0.454 e. The van der Waals surface area contributed by atoms with E-state index in [4.69, 9.17) is 9.47 Å². The first-order chi connectivity index (χ1) is 13.8. The van der Waals surface area contributed by atoms with E-state index in [0.29, 0.717) is 18.8 Å². The molecule has 1 aliphatic rings. The first-order valence-electron chi connectivity index (χ1n) is 9.22. The molecule has 4 nitrogen and oxygen atoms in total. The van der Waals surface area contributed by atoms with E-state index in [1.807, 2.05) is 89.8 Å². The summed E-state index contributed by atoms with van der Waals surface area (Å²) in [6.07, 6.45) is 3.43. The third kappa shape index (κ3) is 4.41. The van der Waals surface area contributed by atoms with Crippen molar-refractivity contribution in [3.05, 3.63) is 102 Å². The van der Waals surface area contributed by atoms with Crippen molar-refractivity contribution >= 4 is 12.0 Å². The van der Waals surface area contributed by atoms with Gasteiger partial charge in [0.25, 0.3) is 0 Å². The molecule has 4 heteroatoms. The van der Waals surface area contributed by atoms with Crippen molar-refractivity contribution in [1.82, 2.24) is 4.90 Å². The van der Waals surface area contributed by atoms with Gasteiger partial charge in [0.2, 0.25) is 12.7 Å². The topological polar surface area (TPSA) is 38.8 Å². The van der Waals surface area contributed by atoms with Crippen LogP contribution in [0.2, 0.25) is 0 Å². The first-order valence-corrected chi connectivity index (χ1v) is 9.22. The zero-order valence-corrected chi connectivity index (χ0v) is 15.5. The second-order valence-corrected chi connectivity index (χ2v) is 6.61. The zero-order chi connectivity index (χ0) is 19.2. The molecule has 0 aromatic heterocycles. The van der Waals surface area contributed by atoms with Crippen LogP contribution in [0.5, 0.6) is 11.5 Å². The second kappa shape index (κ2) is 8.44. The van der Waals surface area contributed by atoms with Crippen molar-refractivity contribution in [2.24, 2.45) is 0 Å². The number of benzene rings is 3. The highest BCUT2D eigenvalue weighted by Crippen LogP contribution is 2.32. The van der Waals surface area contributed by atoms with Crippen LogP contribution in [-0.4, -0.2) is 17.6 Å². The molecule has 0 aliphatic carbocycles. The SMILES string of the molecule is O=C(/C=C\c1ccc2c(c1)OCO2)N(Cc1ccccc1)Cc1ccccc1. The highest BCUT2D eigenvalue weighted by Gasteiger charge is 2.14. The van der Waals surface area contributed by atoms with Crippen LogP contribution in [0.3, 0.4) is 0 Å². The quantitative estimate of drug-likeness (QED) is 0.592. The number of rotatable bonds is 6. The van der Waals surface area contributed by atoms with Crippen LogP contribution < -0.4 is 9.47 Å². The predicted octanol–water partition coefficient (Wildman–Crippen LogP) is 4.66. The Hall–Kier alpha value is -3.53. The summed E-state index contributed by atoms with van der Waals surface area (Å²) in [4.78, 5) is 14.8. The Morgan fingerprint density at radius 1 is 0.821 bits per heavy atom. The lowest BCUT2D eigenvalue weighted by molar-refractivity contribution is -0.127. The van der Waals surface area contributed by atoms with E-state index in [2.05, 4.69) is 0 Å². The number of fused-ring (bicyclic) bond motifs is 1. The van der Waals surface area contributed by atoms with Gasteiger partial charge in [-0.15, -0.1) is 0 Å². The molecule has 140 valence electrons. The molecule has 0 spiro atoms. The largest absolute Gasteiger partial charge is 0.454 e. The molecule has 0 atom stereocenters. The lowest BCUT2D eigenvalue weighted by Crippen LogP contribution is -2.28. The smallest absolute Gasteiger partial charge is 0.247 e. The molecule has 0 unspecified atom stereocenters. The third-order valence-corrected chi connectivity index (χ3v) is 4.56. The minimum absolute atomic E-state index is 0.0367. The van der Waals surface area contributed by atoms with Gasteiger partial charge < -0.3 is 14.4 Å². The van der Waals surface area contributed by atoms with Crippen LogP contribution in [0.1, 0.15) is 16.7 Å². The fourth-order valence-electron chi connectivity index (χ4n) is 3.11. The van der Waals surface area contributed by atoms with E-state index in [-0.39, 0.29) is 12.7 Å². The van der Waals surface area contributed by atoms with E-state index in [1.165, 1.54) is 0 Å². The van der Waals surface area contributed by atoms with Gasteiger partial charge in [0.15, 0.2) is 11.5 Å². The lowest BCUT2D eigenvalue weighted by Gasteiger charge is -2.21. The zero-order valence-electron chi connectivity index (χ0n) is 15.5. The van der Waals surface area contributed by atoms with Crippen molar-refractivity contribution < 1.29 is 14.3 Å². The second-order valence-electron chi connectivity index (χ2n) is 6.61. The predicted molar refractivity (Wildman–Crippen MR) is 109 cm³/mol. The van der Waals surface area contributed by atoms with Gasteiger partial charge in [0.1, 0.15) is 0 Å². The molecule has 0 bridgehead atoms. The summed E-state index contributed by atoms with van der Waals surface area (Å²) in [5.41, 5.74) is 3.10. The molecule has 1 heterocycles. The molecule has 0 fully saturated rings. The van der Waals surface area contributed by atoms with Crippen LogP contribution in [0.25, 0.3) is 6.08 Å². The number of nitrogens with zero attached hydrogens (tertiary/aromatic N) is 1. The average molecular weight is 371 g/mol. The summed E-state index contributed by atoms with van der Waals surface area (Å²) in [7, 11) is 0. The van der Waals surface area contributed by atoms with Crippen molar-refractivity contribution in [3.8, 4) is 11.5 Å². The van der Waals surface area contributed by atoms with Gasteiger partial charge in [-0.3, -0.25) is 4.79 Å². The molecule has 0 N–H and O–H groups in total. The Morgan fingerprint density at radius 2 is 1.43 bits per heavy atom. The molecule has 3 aromatic rings. The maximum absolute atomic E-state index is 12.9. The molecule has 0 radical (unpaired) electrons. The van der Waals surface area contributed by atoms with Gasteiger partial charge in [-0.25, -0.2) is 0 Å². The van der Waals surface area contributed by atoms with Gasteiger partial charge in [-0.2, -0.15) is 0 Å². The molecule has 0 saturated carbocycles. The average Bonchev–Trinajstić information content (AvgIpc) is 3.21.